The standard InChI is InChI=1S/C25H26F4N4O3/c26-21-12-17(33-18(14-34)4-6-22(33)35)3-5-19(21)24(36)32-9-7-31(8-10-32)23-20(15-1-2-15)11-16(13-30-23)25(27,28)29/h3,5,11-13,15,18,34H,1-2,4,6-10,14H2. The van der Waals surface area contributed by atoms with Crippen molar-refractivity contribution >= 4 is 23.3 Å². The number of pyridine rings is 1. The van der Waals surface area contributed by atoms with Crippen LogP contribution in [0.1, 0.15) is 53.1 Å². The summed E-state index contributed by atoms with van der Waals surface area (Å²) in [6.45, 7) is 1.04. The summed E-state index contributed by atoms with van der Waals surface area (Å²) in [5.74, 6) is -0.868. The first-order valence-electron chi connectivity index (χ1n) is 12.0. The predicted molar refractivity (Wildman–Crippen MR) is 123 cm³/mol. The van der Waals surface area contributed by atoms with Gasteiger partial charge in [-0.1, -0.05) is 0 Å². The number of hydrogen-bond donors (Lipinski definition) is 1. The van der Waals surface area contributed by atoms with Crippen molar-refractivity contribution in [2.75, 3.05) is 42.6 Å². The number of aliphatic hydroxyl groups excluding tert-OH is 1. The molecule has 1 N–H and O–H groups in total. The number of amides is 2. The van der Waals surface area contributed by atoms with Gasteiger partial charge in [0.25, 0.3) is 5.91 Å². The van der Waals surface area contributed by atoms with Gasteiger partial charge in [-0.15, -0.1) is 0 Å². The molecule has 0 radical (unpaired) electrons. The van der Waals surface area contributed by atoms with E-state index in [1.165, 1.54) is 28.0 Å². The monoisotopic (exact) mass is 506 g/mol. The van der Waals surface area contributed by atoms with Gasteiger partial charge in [0.05, 0.1) is 23.8 Å². The number of benzene rings is 1. The Balaban J connectivity index is 1.28. The van der Waals surface area contributed by atoms with Gasteiger partial charge in [-0.3, -0.25) is 9.59 Å². The molecule has 7 nitrogen and oxygen atoms in total. The third-order valence-corrected chi connectivity index (χ3v) is 7.10. The van der Waals surface area contributed by atoms with Crippen molar-refractivity contribution in [1.29, 1.82) is 0 Å². The largest absolute Gasteiger partial charge is 0.417 e. The van der Waals surface area contributed by atoms with E-state index >= 15 is 0 Å². The molecule has 2 aromatic rings. The van der Waals surface area contributed by atoms with Crippen molar-refractivity contribution in [3.63, 3.8) is 0 Å². The number of carbonyl (C=O) groups is 2. The van der Waals surface area contributed by atoms with E-state index in [9.17, 15) is 32.3 Å². The fourth-order valence-corrected chi connectivity index (χ4v) is 4.98. The lowest BCUT2D eigenvalue weighted by Gasteiger charge is -2.36. The smallest absolute Gasteiger partial charge is 0.394 e. The van der Waals surface area contributed by atoms with Crippen molar-refractivity contribution < 1.29 is 32.3 Å². The molecule has 1 unspecified atom stereocenters. The highest BCUT2D eigenvalue weighted by molar-refractivity contribution is 5.98. The summed E-state index contributed by atoms with van der Waals surface area (Å²) in [6.07, 6.45) is -1.20. The molecule has 1 atom stereocenters. The summed E-state index contributed by atoms with van der Waals surface area (Å²) in [5.41, 5.74) is 0.00725. The Labute approximate surface area is 205 Å². The van der Waals surface area contributed by atoms with Crippen molar-refractivity contribution in [3.05, 3.63) is 53.0 Å². The fourth-order valence-electron chi connectivity index (χ4n) is 4.98. The zero-order valence-electron chi connectivity index (χ0n) is 19.5. The second-order valence-corrected chi connectivity index (χ2v) is 9.49. The molecule has 192 valence electrons. The molecule has 36 heavy (non-hydrogen) atoms. The van der Waals surface area contributed by atoms with E-state index in [1.807, 2.05) is 4.90 Å². The van der Waals surface area contributed by atoms with Crippen LogP contribution in [0.2, 0.25) is 0 Å². The maximum Gasteiger partial charge on any atom is 0.417 e. The number of piperazine rings is 1. The van der Waals surface area contributed by atoms with Crippen LogP contribution in [0.4, 0.5) is 29.1 Å². The molecular formula is C25H26F4N4O3. The summed E-state index contributed by atoms with van der Waals surface area (Å²) < 4.78 is 54.4. The summed E-state index contributed by atoms with van der Waals surface area (Å²) in [5, 5.41) is 9.49. The minimum Gasteiger partial charge on any atom is -0.394 e. The lowest BCUT2D eigenvalue weighted by atomic mass is 10.1. The second kappa shape index (κ2) is 9.34. The lowest BCUT2D eigenvalue weighted by molar-refractivity contribution is -0.137. The SMILES string of the molecule is O=C(c1ccc(N2C(=O)CCC2CO)cc1F)N1CCN(c2ncc(C(F)(F)F)cc2C2CC2)CC1. The third kappa shape index (κ3) is 4.63. The molecule has 2 saturated heterocycles. The van der Waals surface area contributed by atoms with Gasteiger partial charge in [0.2, 0.25) is 5.91 Å². The normalized spacial score (nSPS) is 20.9. The number of rotatable bonds is 5. The van der Waals surface area contributed by atoms with Crippen LogP contribution in [0, 0.1) is 5.82 Å². The topological polar surface area (TPSA) is 77.0 Å². The molecule has 0 spiro atoms. The van der Waals surface area contributed by atoms with Crippen LogP contribution in [0.5, 0.6) is 0 Å². The predicted octanol–water partition coefficient (Wildman–Crippen LogP) is 3.57. The number of halogens is 4. The first kappa shape index (κ1) is 24.5. The van der Waals surface area contributed by atoms with E-state index in [1.54, 1.807) is 0 Å². The van der Waals surface area contributed by atoms with E-state index in [2.05, 4.69) is 4.98 Å². The van der Waals surface area contributed by atoms with E-state index in [0.717, 1.165) is 25.1 Å². The average Bonchev–Trinajstić information content (AvgIpc) is 3.64. The molecule has 2 amide bonds. The number of carbonyl (C=O) groups excluding carboxylic acids is 2. The van der Waals surface area contributed by atoms with Crippen molar-refractivity contribution in [2.45, 2.75) is 43.8 Å². The van der Waals surface area contributed by atoms with Crippen molar-refractivity contribution in [1.82, 2.24) is 9.88 Å². The molecule has 3 heterocycles. The van der Waals surface area contributed by atoms with Crippen molar-refractivity contribution in [2.24, 2.45) is 0 Å². The molecular weight excluding hydrogens is 480 g/mol. The summed E-state index contributed by atoms with van der Waals surface area (Å²) in [7, 11) is 0. The zero-order valence-corrected chi connectivity index (χ0v) is 19.5. The highest BCUT2D eigenvalue weighted by Crippen LogP contribution is 2.45. The Morgan fingerprint density at radius 3 is 2.42 bits per heavy atom. The number of hydrogen-bond acceptors (Lipinski definition) is 5. The van der Waals surface area contributed by atoms with Gasteiger partial charge in [0.1, 0.15) is 11.6 Å². The van der Waals surface area contributed by atoms with E-state index in [4.69, 9.17) is 0 Å². The molecule has 0 bridgehead atoms. The van der Waals surface area contributed by atoms with E-state index in [0.29, 0.717) is 36.6 Å². The highest BCUT2D eigenvalue weighted by atomic mass is 19.4. The number of alkyl halides is 3. The molecule has 1 aromatic carbocycles. The number of aromatic nitrogens is 1. The molecule has 3 fully saturated rings. The van der Waals surface area contributed by atoms with Crippen LogP contribution in [-0.2, 0) is 11.0 Å². The van der Waals surface area contributed by atoms with Crippen LogP contribution >= 0.6 is 0 Å². The van der Waals surface area contributed by atoms with Gasteiger partial charge >= 0.3 is 6.18 Å². The lowest BCUT2D eigenvalue weighted by Crippen LogP contribution is -2.49. The Hall–Kier alpha value is -3.21. The van der Waals surface area contributed by atoms with Crippen molar-refractivity contribution in [3.8, 4) is 0 Å². The maximum atomic E-state index is 14.9. The average molecular weight is 507 g/mol. The minimum absolute atomic E-state index is 0.0648. The van der Waals surface area contributed by atoms with Crippen LogP contribution < -0.4 is 9.80 Å². The molecule has 2 aliphatic heterocycles. The molecule has 1 aromatic heterocycles. The Morgan fingerprint density at radius 1 is 1.08 bits per heavy atom. The molecule has 5 rings (SSSR count). The zero-order chi connectivity index (χ0) is 25.6. The minimum atomic E-state index is -4.46. The Kier molecular flexibility index (Phi) is 6.36. The molecule has 11 heteroatoms. The second-order valence-electron chi connectivity index (χ2n) is 9.49. The van der Waals surface area contributed by atoms with Gasteiger partial charge in [0, 0.05) is 44.5 Å². The van der Waals surface area contributed by atoms with Crippen LogP contribution in [0.3, 0.4) is 0 Å². The van der Waals surface area contributed by atoms with Gasteiger partial charge in [-0.25, -0.2) is 9.37 Å². The third-order valence-electron chi connectivity index (χ3n) is 7.10. The Morgan fingerprint density at radius 2 is 1.81 bits per heavy atom. The summed E-state index contributed by atoms with van der Waals surface area (Å²) in [6, 6.07) is 4.77. The Bertz CT molecular complexity index is 1180. The fraction of sp³-hybridized carbons (Fsp3) is 0.480. The summed E-state index contributed by atoms with van der Waals surface area (Å²) in [4.78, 5) is 34.1. The van der Waals surface area contributed by atoms with E-state index < -0.39 is 29.5 Å². The quantitative estimate of drug-likeness (QED) is 0.628. The molecule has 1 aliphatic carbocycles. The molecule has 1 saturated carbocycles. The maximum absolute atomic E-state index is 14.9. The molecule has 3 aliphatic rings. The van der Waals surface area contributed by atoms with E-state index in [-0.39, 0.29) is 43.5 Å². The first-order valence-corrected chi connectivity index (χ1v) is 12.0. The van der Waals surface area contributed by atoms with Gasteiger partial charge in [-0.2, -0.15) is 13.2 Å². The van der Waals surface area contributed by atoms with Gasteiger partial charge < -0.3 is 19.8 Å². The number of anilines is 2. The number of nitrogens with zero attached hydrogens (tertiary/aromatic N) is 4. The van der Waals surface area contributed by atoms with Gasteiger partial charge in [0.15, 0.2) is 0 Å². The van der Waals surface area contributed by atoms with Crippen LogP contribution in [-0.4, -0.2) is 65.6 Å². The van der Waals surface area contributed by atoms with Crippen LogP contribution in [0.15, 0.2) is 30.5 Å². The number of aliphatic hydroxyl groups is 1. The van der Waals surface area contributed by atoms with Gasteiger partial charge in [-0.05, 0) is 55.0 Å². The highest BCUT2D eigenvalue weighted by Gasteiger charge is 2.37. The van der Waals surface area contributed by atoms with Crippen LogP contribution in [0.25, 0.3) is 0 Å². The first-order chi connectivity index (χ1) is 17.2. The summed E-state index contributed by atoms with van der Waals surface area (Å²) >= 11 is 0.